The zero-order chi connectivity index (χ0) is 14.4. The van der Waals surface area contributed by atoms with Gasteiger partial charge in [-0.1, -0.05) is 6.07 Å². The number of amides is 2. The van der Waals surface area contributed by atoms with Gasteiger partial charge in [0.25, 0.3) is 0 Å². The van der Waals surface area contributed by atoms with E-state index in [0.717, 1.165) is 10.9 Å². The quantitative estimate of drug-likeness (QED) is 0.834. The molecule has 6 heteroatoms. The van der Waals surface area contributed by atoms with Crippen molar-refractivity contribution < 1.29 is 14.3 Å². The Balaban J connectivity index is 1.94. The Labute approximate surface area is 116 Å². The van der Waals surface area contributed by atoms with Crippen molar-refractivity contribution in [3.63, 3.8) is 0 Å². The summed E-state index contributed by atoms with van der Waals surface area (Å²) >= 11 is 0. The number of urea groups is 1. The number of carbonyl (C=O) groups excluding carboxylic acids is 2. The molecule has 20 heavy (non-hydrogen) atoms. The first-order chi connectivity index (χ1) is 9.69. The summed E-state index contributed by atoms with van der Waals surface area (Å²) in [6.45, 7) is 1.84. The fraction of sp³-hybridized carbons (Fsp3) is 0.214. The van der Waals surface area contributed by atoms with Crippen LogP contribution < -0.4 is 10.6 Å². The summed E-state index contributed by atoms with van der Waals surface area (Å²) in [5.41, 5.74) is 1.48. The molecule has 1 aromatic carbocycles. The van der Waals surface area contributed by atoms with Crippen molar-refractivity contribution in [1.29, 1.82) is 0 Å². The van der Waals surface area contributed by atoms with Gasteiger partial charge in [0.2, 0.25) is 0 Å². The smallest absolute Gasteiger partial charge is 0.325 e. The fourth-order valence-electron chi connectivity index (χ4n) is 1.69. The Morgan fingerprint density at radius 3 is 2.95 bits per heavy atom. The number of benzene rings is 1. The molecule has 0 unspecified atom stereocenters. The number of carbonyl (C=O) groups is 2. The molecule has 0 aliphatic heterocycles. The Kier molecular flexibility index (Phi) is 4.49. The zero-order valence-corrected chi connectivity index (χ0v) is 11.1. The van der Waals surface area contributed by atoms with E-state index in [1.807, 2.05) is 24.3 Å². The molecule has 0 aliphatic carbocycles. The summed E-state index contributed by atoms with van der Waals surface area (Å²) in [5.74, 6) is -0.467. The highest BCUT2D eigenvalue weighted by Crippen LogP contribution is 2.16. The lowest BCUT2D eigenvalue weighted by molar-refractivity contribution is -0.141. The third-order valence-corrected chi connectivity index (χ3v) is 2.56. The van der Waals surface area contributed by atoms with Crippen molar-refractivity contribution in [2.75, 3.05) is 18.5 Å². The molecule has 2 aromatic rings. The molecular weight excluding hydrogens is 258 g/mol. The van der Waals surface area contributed by atoms with Crippen molar-refractivity contribution in [3.8, 4) is 0 Å². The molecular formula is C14H15N3O3. The number of hydrogen-bond donors (Lipinski definition) is 2. The molecule has 0 fully saturated rings. The van der Waals surface area contributed by atoms with E-state index in [9.17, 15) is 9.59 Å². The summed E-state index contributed by atoms with van der Waals surface area (Å²) in [4.78, 5) is 26.9. The standard InChI is InChI=1S/C14H15N3O3/c1-2-20-13(18)9-16-14(19)17-11-5-6-12-10(8-11)4-3-7-15-12/h3-8H,2,9H2,1H3,(H2,16,17,19). The monoisotopic (exact) mass is 273 g/mol. The summed E-state index contributed by atoms with van der Waals surface area (Å²) in [6.07, 6.45) is 1.71. The Hall–Kier alpha value is -2.63. The molecule has 2 amide bonds. The van der Waals surface area contributed by atoms with E-state index >= 15 is 0 Å². The number of nitrogens with zero attached hydrogens (tertiary/aromatic N) is 1. The predicted octanol–water partition coefficient (Wildman–Crippen LogP) is 1.92. The number of ether oxygens (including phenoxy) is 1. The first-order valence-corrected chi connectivity index (χ1v) is 6.24. The molecule has 1 heterocycles. The first-order valence-electron chi connectivity index (χ1n) is 6.24. The van der Waals surface area contributed by atoms with Crippen LogP contribution in [0.2, 0.25) is 0 Å². The van der Waals surface area contributed by atoms with E-state index < -0.39 is 12.0 Å². The van der Waals surface area contributed by atoms with Gasteiger partial charge in [-0.3, -0.25) is 9.78 Å². The van der Waals surface area contributed by atoms with Crippen molar-refractivity contribution >= 4 is 28.6 Å². The maximum absolute atomic E-state index is 11.6. The van der Waals surface area contributed by atoms with Crippen LogP contribution in [-0.4, -0.2) is 30.1 Å². The Bertz CT molecular complexity index is 628. The van der Waals surface area contributed by atoms with Gasteiger partial charge in [0.1, 0.15) is 6.54 Å². The molecule has 2 N–H and O–H groups in total. The molecule has 0 saturated carbocycles. The minimum atomic E-state index is -0.467. The molecule has 1 aromatic heterocycles. The van der Waals surface area contributed by atoms with Gasteiger partial charge in [0.05, 0.1) is 12.1 Å². The molecule has 104 valence electrons. The molecule has 0 bridgehead atoms. The highest BCUT2D eigenvalue weighted by atomic mass is 16.5. The summed E-state index contributed by atoms with van der Waals surface area (Å²) in [7, 11) is 0. The highest BCUT2D eigenvalue weighted by Gasteiger charge is 2.06. The van der Waals surface area contributed by atoms with E-state index in [-0.39, 0.29) is 6.54 Å². The van der Waals surface area contributed by atoms with Crippen LogP contribution in [0.5, 0.6) is 0 Å². The molecule has 2 rings (SSSR count). The Morgan fingerprint density at radius 2 is 2.15 bits per heavy atom. The minimum absolute atomic E-state index is 0.158. The van der Waals surface area contributed by atoms with Crippen LogP contribution in [0.3, 0.4) is 0 Å². The predicted molar refractivity (Wildman–Crippen MR) is 75.4 cm³/mol. The summed E-state index contributed by atoms with van der Waals surface area (Å²) in [5, 5.41) is 6.00. The average Bonchev–Trinajstić information content (AvgIpc) is 2.45. The van der Waals surface area contributed by atoms with E-state index in [2.05, 4.69) is 15.6 Å². The van der Waals surface area contributed by atoms with Gasteiger partial charge in [-0.25, -0.2) is 4.79 Å². The van der Waals surface area contributed by atoms with Gasteiger partial charge in [-0.2, -0.15) is 0 Å². The van der Waals surface area contributed by atoms with Gasteiger partial charge < -0.3 is 15.4 Å². The maximum atomic E-state index is 11.6. The second kappa shape index (κ2) is 6.51. The van der Waals surface area contributed by atoms with Crippen molar-refractivity contribution in [3.05, 3.63) is 36.5 Å². The van der Waals surface area contributed by atoms with Crippen LogP contribution >= 0.6 is 0 Å². The largest absolute Gasteiger partial charge is 0.465 e. The number of anilines is 1. The third-order valence-electron chi connectivity index (χ3n) is 2.56. The lowest BCUT2D eigenvalue weighted by atomic mass is 10.2. The van der Waals surface area contributed by atoms with Gasteiger partial charge in [-0.15, -0.1) is 0 Å². The molecule has 0 aliphatic rings. The normalized spacial score (nSPS) is 10.1. The summed E-state index contributed by atoms with van der Waals surface area (Å²) in [6, 6.07) is 8.65. The minimum Gasteiger partial charge on any atom is -0.465 e. The van der Waals surface area contributed by atoms with E-state index in [1.54, 1.807) is 19.2 Å². The lowest BCUT2D eigenvalue weighted by Gasteiger charge is -2.08. The first kappa shape index (κ1) is 13.8. The molecule has 0 saturated heterocycles. The van der Waals surface area contributed by atoms with Gasteiger partial charge in [-0.05, 0) is 31.2 Å². The van der Waals surface area contributed by atoms with Crippen LogP contribution in [0, 0.1) is 0 Å². The SMILES string of the molecule is CCOC(=O)CNC(=O)Nc1ccc2ncccc2c1. The fourth-order valence-corrected chi connectivity index (χ4v) is 1.69. The van der Waals surface area contributed by atoms with Gasteiger partial charge in [0.15, 0.2) is 0 Å². The van der Waals surface area contributed by atoms with E-state index in [4.69, 9.17) is 4.74 Å². The topological polar surface area (TPSA) is 80.3 Å². The number of rotatable bonds is 4. The van der Waals surface area contributed by atoms with Crippen LogP contribution in [0.15, 0.2) is 36.5 Å². The molecule has 0 spiro atoms. The van der Waals surface area contributed by atoms with E-state index in [1.165, 1.54) is 0 Å². The Morgan fingerprint density at radius 1 is 1.30 bits per heavy atom. The van der Waals surface area contributed by atoms with Crippen molar-refractivity contribution in [1.82, 2.24) is 10.3 Å². The zero-order valence-electron chi connectivity index (χ0n) is 11.1. The average molecular weight is 273 g/mol. The number of hydrogen-bond acceptors (Lipinski definition) is 4. The van der Waals surface area contributed by atoms with Gasteiger partial charge in [0, 0.05) is 17.3 Å². The number of esters is 1. The summed E-state index contributed by atoms with van der Waals surface area (Å²) < 4.78 is 4.71. The van der Waals surface area contributed by atoms with E-state index in [0.29, 0.717) is 12.3 Å². The third kappa shape index (κ3) is 3.68. The number of fused-ring (bicyclic) bond motifs is 1. The molecule has 0 radical (unpaired) electrons. The van der Waals surface area contributed by atoms with Crippen LogP contribution in [-0.2, 0) is 9.53 Å². The van der Waals surface area contributed by atoms with Gasteiger partial charge >= 0.3 is 12.0 Å². The number of aromatic nitrogens is 1. The second-order valence-corrected chi connectivity index (χ2v) is 4.02. The lowest BCUT2D eigenvalue weighted by Crippen LogP contribution is -2.34. The van der Waals surface area contributed by atoms with Crippen LogP contribution in [0.25, 0.3) is 10.9 Å². The molecule has 6 nitrogen and oxygen atoms in total. The molecule has 0 atom stereocenters. The number of nitrogens with one attached hydrogen (secondary N) is 2. The maximum Gasteiger partial charge on any atom is 0.325 e. The van der Waals surface area contributed by atoms with Crippen molar-refractivity contribution in [2.24, 2.45) is 0 Å². The van der Waals surface area contributed by atoms with Crippen LogP contribution in [0.1, 0.15) is 6.92 Å². The second-order valence-electron chi connectivity index (χ2n) is 4.02. The highest BCUT2D eigenvalue weighted by molar-refractivity contribution is 5.93. The number of pyridine rings is 1. The van der Waals surface area contributed by atoms with Crippen LogP contribution in [0.4, 0.5) is 10.5 Å². The van der Waals surface area contributed by atoms with Crippen molar-refractivity contribution in [2.45, 2.75) is 6.92 Å².